The van der Waals surface area contributed by atoms with E-state index in [9.17, 15) is 4.21 Å². The van der Waals surface area contributed by atoms with Crippen molar-refractivity contribution in [1.82, 2.24) is 4.31 Å². The molecule has 0 aliphatic carbocycles. The zero-order valence-corrected chi connectivity index (χ0v) is 14.2. The van der Waals surface area contributed by atoms with Gasteiger partial charge in [-0.2, -0.15) is 0 Å². The van der Waals surface area contributed by atoms with Gasteiger partial charge in [-0.3, -0.25) is 0 Å². The van der Waals surface area contributed by atoms with Gasteiger partial charge in [0, 0.05) is 11.8 Å². The van der Waals surface area contributed by atoms with Gasteiger partial charge >= 0.3 is 0 Å². The third-order valence-corrected chi connectivity index (χ3v) is 8.24. The Kier molecular flexibility index (Phi) is 5.10. The van der Waals surface area contributed by atoms with Crippen LogP contribution < -0.4 is 0 Å². The van der Waals surface area contributed by atoms with Crippen LogP contribution in [0.3, 0.4) is 0 Å². The summed E-state index contributed by atoms with van der Waals surface area (Å²) in [5.74, 6) is 2.25. The molecule has 0 amide bonds. The molecule has 110 valence electrons. The first-order valence-corrected chi connectivity index (χ1v) is 10.0. The molecule has 20 heavy (non-hydrogen) atoms. The molecule has 0 saturated carbocycles. The van der Waals surface area contributed by atoms with Crippen LogP contribution in [0.2, 0.25) is 0 Å². The van der Waals surface area contributed by atoms with E-state index in [1.807, 2.05) is 6.07 Å². The van der Waals surface area contributed by atoms with Gasteiger partial charge in [-0.05, 0) is 30.3 Å². The summed E-state index contributed by atoms with van der Waals surface area (Å²) in [5, 5.41) is 0. The van der Waals surface area contributed by atoms with Crippen LogP contribution in [0.25, 0.3) is 5.57 Å². The van der Waals surface area contributed by atoms with Crippen molar-refractivity contribution in [3.63, 3.8) is 0 Å². The SMILES string of the molecule is C=C(c1ccccc1)C(C)(C)[S+]1CCN(S(C)=O)CC1. The third-order valence-electron chi connectivity index (χ3n) is 4.11. The van der Waals surface area contributed by atoms with Gasteiger partial charge in [0.1, 0.15) is 16.3 Å². The van der Waals surface area contributed by atoms with Gasteiger partial charge in [-0.25, -0.2) is 8.51 Å². The van der Waals surface area contributed by atoms with Crippen LogP contribution in [-0.2, 0) is 21.9 Å². The smallest absolute Gasteiger partial charge is 0.147 e. The molecular weight excluding hydrogens is 286 g/mol. The molecule has 1 aliphatic rings. The molecule has 4 heteroatoms. The molecular formula is C16H24NOS2+. The second kappa shape index (κ2) is 6.46. The summed E-state index contributed by atoms with van der Waals surface area (Å²) in [6, 6.07) is 10.5. The minimum atomic E-state index is -0.825. The number of benzene rings is 1. The van der Waals surface area contributed by atoms with Crippen molar-refractivity contribution in [2.24, 2.45) is 0 Å². The molecule has 0 aromatic heterocycles. The molecule has 2 nitrogen and oxygen atoms in total. The highest BCUT2D eigenvalue weighted by Crippen LogP contribution is 2.35. The van der Waals surface area contributed by atoms with Crippen molar-refractivity contribution >= 4 is 27.5 Å². The van der Waals surface area contributed by atoms with E-state index in [-0.39, 0.29) is 4.75 Å². The van der Waals surface area contributed by atoms with Gasteiger partial charge in [0.2, 0.25) is 0 Å². The average Bonchev–Trinajstić information content (AvgIpc) is 2.47. The lowest BCUT2D eigenvalue weighted by molar-refractivity contribution is 0.485. The van der Waals surface area contributed by atoms with Crippen molar-refractivity contribution < 1.29 is 4.21 Å². The first kappa shape index (κ1) is 15.8. The van der Waals surface area contributed by atoms with E-state index in [0.29, 0.717) is 10.9 Å². The number of rotatable bonds is 4. The Labute approximate surface area is 128 Å². The minimum absolute atomic E-state index is 0.114. The summed E-state index contributed by atoms with van der Waals surface area (Å²) in [5.41, 5.74) is 2.47. The summed E-state index contributed by atoms with van der Waals surface area (Å²) in [6.45, 7) is 10.9. The van der Waals surface area contributed by atoms with Crippen LogP contribution in [-0.4, -0.2) is 44.1 Å². The van der Waals surface area contributed by atoms with Crippen LogP contribution in [0.4, 0.5) is 0 Å². The summed E-state index contributed by atoms with van der Waals surface area (Å²) in [6.07, 6.45) is 1.78. The lowest BCUT2D eigenvalue weighted by Gasteiger charge is -2.33. The Morgan fingerprint density at radius 2 is 1.80 bits per heavy atom. The predicted octanol–water partition coefficient (Wildman–Crippen LogP) is 2.71. The molecule has 1 aromatic carbocycles. The molecule has 1 aliphatic heterocycles. The quantitative estimate of drug-likeness (QED) is 0.783. The maximum atomic E-state index is 11.5. The first-order chi connectivity index (χ1) is 9.43. The average molecular weight is 311 g/mol. The Balaban J connectivity index is 2.08. The molecule has 1 saturated heterocycles. The van der Waals surface area contributed by atoms with Crippen molar-refractivity contribution in [3.8, 4) is 0 Å². The van der Waals surface area contributed by atoms with E-state index in [0.717, 1.165) is 24.6 Å². The van der Waals surface area contributed by atoms with E-state index in [1.54, 1.807) is 6.26 Å². The van der Waals surface area contributed by atoms with E-state index < -0.39 is 11.0 Å². The summed E-state index contributed by atoms with van der Waals surface area (Å²) < 4.78 is 13.7. The molecule has 1 aromatic rings. The maximum Gasteiger partial charge on any atom is 0.147 e. The Morgan fingerprint density at radius 1 is 1.25 bits per heavy atom. The molecule has 0 bridgehead atoms. The zero-order valence-electron chi connectivity index (χ0n) is 12.6. The highest BCUT2D eigenvalue weighted by molar-refractivity contribution is 7.98. The fraction of sp³-hybridized carbons (Fsp3) is 0.500. The molecule has 2 rings (SSSR count). The van der Waals surface area contributed by atoms with Crippen LogP contribution in [0.15, 0.2) is 36.9 Å². The molecule has 0 N–H and O–H groups in total. The van der Waals surface area contributed by atoms with Crippen LogP contribution in [0, 0.1) is 0 Å². The topological polar surface area (TPSA) is 20.3 Å². The monoisotopic (exact) mass is 310 g/mol. The highest BCUT2D eigenvalue weighted by atomic mass is 32.2. The molecule has 1 unspecified atom stereocenters. The molecule has 0 spiro atoms. The van der Waals surface area contributed by atoms with Crippen molar-refractivity contribution in [1.29, 1.82) is 0 Å². The van der Waals surface area contributed by atoms with Crippen LogP contribution in [0.1, 0.15) is 19.4 Å². The lowest BCUT2D eigenvalue weighted by atomic mass is 9.96. The maximum absolute atomic E-state index is 11.5. The summed E-state index contributed by atoms with van der Waals surface area (Å²) in [4.78, 5) is 0. The molecule has 1 fully saturated rings. The standard InChI is InChI=1S/C16H24NOS2/c1-14(15-8-6-5-7-9-15)16(2,3)20-12-10-17(11-13-20)19(4)18/h5-9H,1,10-13H2,2-4H3/q+1. The Hall–Kier alpha value is -0.580. The van der Waals surface area contributed by atoms with Gasteiger partial charge < -0.3 is 0 Å². The number of nitrogens with zero attached hydrogens (tertiary/aromatic N) is 1. The van der Waals surface area contributed by atoms with Crippen LogP contribution in [0.5, 0.6) is 0 Å². The Morgan fingerprint density at radius 3 is 2.30 bits per heavy atom. The Bertz CT molecular complexity index is 490. The van der Waals surface area contributed by atoms with E-state index in [2.05, 4.69) is 49.0 Å². The van der Waals surface area contributed by atoms with E-state index in [1.165, 1.54) is 11.1 Å². The number of hydrogen-bond donors (Lipinski definition) is 0. The van der Waals surface area contributed by atoms with Gasteiger partial charge in [0.05, 0.1) is 24.1 Å². The number of hydrogen-bond acceptors (Lipinski definition) is 1. The second-order valence-corrected chi connectivity index (χ2v) is 9.80. The van der Waals surface area contributed by atoms with Gasteiger partial charge in [0.25, 0.3) is 0 Å². The summed E-state index contributed by atoms with van der Waals surface area (Å²) in [7, 11) is -0.524. The van der Waals surface area contributed by atoms with Gasteiger partial charge in [0.15, 0.2) is 0 Å². The molecule has 1 atom stereocenters. The fourth-order valence-electron chi connectivity index (χ4n) is 2.57. The summed E-state index contributed by atoms with van der Waals surface area (Å²) >= 11 is 0. The molecule has 1 heterocycles. The second-order valence-electron chi connectivity index (χ2n) is 5.61. The minimum Gasteiger partial charge on any atom is -0.243 e. The normalized spacial score (nSPS) is 19.8. The van der Waals surface area contributed by atoms with E-state index in [4.69, 9.17) is 0 Å². The lowest BCUT2D eigenvalue weighted by Crippen LogP contribution is -2.48. The zero-order chi connectivity index (χ0) is 14.8. The molecule has 0 radical (unpaired) electrons. The van der Waals surface area contributed by atoms with Crippen LogP contribution >= 0.6 is 0 Å². The predicted molar refractivity (Wildman–Crippen MR) is 92.3 cm³/mol. The van der Waals surface area contributed by atoms with Crippen molar-refractivity contribution in [2.75, 3.05) is 30.9 Å². The van der Waals surface area contributed by atoms with E-state index >= 15 is 0 Å². The van der Waals surface area contributed by atoms with Gasteiger partial charge in [-0.15, -0.1) is 0 Å². The van der Waals surface area contributed by atoms with Crippen molar-refractivity contribution in [2.45, 2.75) is 18.6 Å². The largest absolute Gasteiger partial charge is 0.243 e. The first-order valence-electron chi connectivity index (χ1n) is 6.94. The highest BCUT2D eigenvalue weighted by Gasteiger charge is 2.43. The van der Waals surface area contributed by atoms with Crippen molar-refractivity contribution in [3.05, 3.63) is 42.5 Å². The fourth-order valence-corrected chi connectivity index (χ4v) is 6.07. The third kappa shape index (κ3) is 3.35. The van der Waals surface area contributed by atoms with Gasteiger partial charge in [-0.1, -0.05) is 36.9 Å².